The number of nitrogens with zero attached hydrogens (tertiary/aromatic N) is 1. The predicted octanol–water partition coefficient (Wildman–Crippen LogP) is 1.71. The van der Waals surface area contributed by atoms with Crippen molar-refractivity contribution in [1.82, 2.24) is 4.90 Å². The molecule has 0 saturated heterocycles. The molecule has 1 aromatic rings. The van der Waals surface area contributed by atoms with Crippen LogP contribution in [0.1, 0.15) is 11.6 Å². The second-order valence-corrected chi connectivity index (χ2v) is 3.79. The zero-order valence-corrected chi connectivity index (χ0v) is 9.01. The van der Waals surface area contributed by atoms with Crippen LogP contribution in [0.25, 0.3) is 0 Å². The Labute approximate surface area is 88.5 Å². The Kier molecular flexibility index (Phi) is 3.55. The maximum absolute atomic E-state index is 12.7. The van der Waals surface area contributed by atoms with Gasteiger partial charge >= 0.3 is 0 Å². The van der Waals surface area contributed by atoms with Gasteiger partial charge in [0.2, 0.25) is 0 Å². The molecule has 1 aromatic carbocycles. The molecule has 0 bridgehead atoms. The van der Waals surface area contributed by atoms with Gasteiger partial charge < -0.3 is 5.73 Å². The first-order chi connectivity index (χ1) is 6.52. The van der Waals surface area contributed by atoms with E-state index in [1.54, 1.807) is 12.1 Å². The number of halogens is 1. The second kappa shape index (κ2) is 4.48. The normalized spacial score (nSPS) is 12.9. The molecule has 0 aliphatic carbocycles. The summed E-state index contributed by atoms with van der Waals surface area (Å²) in [4.78, 5) is 2.29. The van der Waals surface area contributed by atoms with Gasteiger partial charge in [-0.15, -0.1) is 0 Å². The number of hydrogen-bond donors (Lipinski definition) is 1. The first-order valence-corrected chi connectivity index (χ1v) is 4.64. The summed E-state index contributed by atoms with van der Waals surface area (Å²) in [6.07, 6.45) is 0. The predicted molar refractivity (Wildman–Crippen MR) is 59.6 cm³/mol. The molecular formula is C10H13FN2S. The zero-order chi connectivity index (χ0) is 10.7. The van der Waals surface area contributed by atoms with E-state index in [4.69, 9.17) is 18.0 Å². The summed E-state index contributed by atoms with van der Waals surface area (Å²) in [6.45, 7) is 0. The van der Waals surface area contributed by atoms with Gasteiger partial charge in [-0.1, -0.05) is 24.4 Å². The lowest BCUT2D eigenvalue weighted by molar-refractivity contribution is 0.370. The van der Waals surface area contributed by atoms with E-state index in [0.717, 1.165) is 5.56 Å². The summed E-state index contributed by atoms with van der Waals surface area (Å²) in [5.41, 5.74) is 6.51. The molecule has 14 heavy (non-hydrogen) atoms. The van der Waals surface area contributed by atoms with Crippen molar-refractivity contribution >= 4 is 17.2 Å². The van der Waals surface area contributed by atoms with E-state index >= 15 is 0 Å². The molecule has 0 aliphatic heterocycles. The Morgan fingerprint density at radius 2 is 1.86 bits per heavy atom. The molecule has 0 aliphatic rings. The van der Waals surface area contributed by atoms with Crippen molar-refractivity contribution in [3.05, 3.63) is 35.6 Å². The third kappa shape index (κ3) is 2.49. The molecule has 0 saturated carbocycles. The third-order valence-electron chi connectivity index (χ3n) is 1.97. The van der Waals surface area contributed by atoms with E-state index in [9.17, 15) is 4.39 Å². The molecule has 0 amide bonds. The van der Waals surface area contributed by atoms with Crippen LogP contribution in [0.15, 0.2) is 24.3 Å². The topological polar surface area (TPSA) is 29.3 Å². The van der Waals surface area contributed by atoms with Gasteiger partial charge in [0, 0.05) is 0 Å². The third-order valence-corrected chi connectivity index (χ3v) is 2.19. The Hall–Kier alpha value is -1.00. The van der Waals surface area contributed by atoms with Crippen molar-refractivity contribution in [2.75, 3.05) is 14.1 Å². The van der Waals surface area contributed by atoms with Crippen molar-refractivity contribution in [1.29, 1.82) is 0 Å². The number of likely N-dealkylation sites (N-methyl/N-ethyl adjacent to an activating group) is 1. The number of rotatable bonds is 3. The van der Waals surface area contributed by atoms with Crippen molar-refractivity contribution in [3.63, 3.8) is 0 Å². The van der Waals surface area contributed by atoms with Crippen molar-refractivity contribution < 1.29 is 4.39 Å². The second-order valence-electron chi connectivity index (χ2n) is 3.32. The van der Waals surface area contributed by atoms with Crippen molar-refractivity contribution in [2.45, 2.75) is 6.04 Å². The summed E-state index contributed by atoms with van der Waals surface area (Å²) in [5.74, 6) is -0.255. The highest BCUT2D eigenvalue weighted by atomic mass is 32.1. The van der Waals surface area contributed by atoms with Gasteiger partial charge in [0.15, 0.2) is 0 Å². The van der Waals surface area contributed by atoms with E-state index in [2.05, 4.69) is 0 Å². The van der Waals surface area contributed by atoms with Crippen molar-refractivity contribution in [2.24, 2.45) is 5.73 Å². The number of hydrogen-bond acceptors (Lipinski definition) is 2. The highest BCUT2D eigenvalue weighted by Crippen LogP contribution is 2.18. The van der Waals surface area contributed by atoms with E-state index in [1.165, 1.54) is 12.1 Å². The summed E-state index contributed by atoms with van der Waals surface area (Å²) >= 11 is 4.95. The monoisotopic (exact) mass is 212 g/mol. The minimum atomic E-state index is -0.255. The Morgan fingerprint density at radius 1 is 1.36 bits per heavy atom. The molecule has 0 fully saturated rings. The van der Waals surface area contributed by atoms with Crippen molar-refractivity contribution in [3.8, 4) is 0 Å². The average molecular weight is 212 g/mol. The van der Waals surface area contributed by atoms with Crippen LogP contribution in [-0.4, -0.2) is 24.0 Å². The minimum Gasteiger partial charge on any atom is -0.392 e. The van der Waals surface area contributed by atoms with Gasteiger partial charge in [0.05, 0.1) is 11.0 Å². The van der Waals surface area contributed by atoms with Crippen LogP contribution >= 0.6 is 12.2 Å². The number of nitrogens with two attached hydrogens (primary N) is 1. The fourth-order valence-electron chi connectivity index (χ4n) is 1.36. The zero-order valence-electron chi connectivity index (χ0n) is 8.20. The molecule has 2 N–H and O–H groups in total. The molecule has 0 heterocycles. The molecule has 1 unspecified atom stereocenters. The summed E-state index contributed by atoms with van der Waals surface area (Å²) in [6, 6.07) is 6.07. The summed E-state index contributed by atoms with van der Waals surface area (Å²) < 4.78 is 12.7. The summed E-state index contributed by atoms with van der Waals surface area (Å²) in [7, 11) is 3.76. The minimum absolute atomic E-state index is 0.134. The molecule has 1 rings (SSSR count). The molecule has 76 valence electrons. The molecule has 0 radical (unpaired) electrons. The first-order valence-electron chi connectivity index (χ1n) is 4.23. The molecule has 0 spiro atoms. The fourth-order valence-corrected chi connectivity index (χ4v) is 1.71. The molecular weight excluding hydrogens is 199 g/mol. The van der Waals surface area contributed by atoms with Crippen LogP contribution < -0.4 is 5.73 Å². The van der Waals surface area contributed by atoms with Crippen LogP contribution in [0.3, 0.4) is 0 Å². The standard InChI is InChI=1S/C10H13FN2S/c1-13(2)9(10(12)14)7-3-5-8(11)6-4-7/h3-6,9H,1-2H3,(H2,12,14). The first kappa shape index (κ1) is 11.1. The largest absolute Gasteiger partial charge is 0.392 e. The lowest BCUT2D eigenvalue weighted by atomic mass is 10.1. The molecule has 2 nitrogen and oxygen atoms in total. The highest BCUT2D eigenvalue weighted by Gasteiger charge is 2.16. The van der Waals surface area contributed by atoms with Gasteiger partial charge in [0.25, 0.3) is 0 Å². The Morgan fingerprint density at radius 3 is 2.21 bits per heavy atom. The van der Waals surface area contributed by atoms with E-state index in [1.807, 2.05) is 19.0 Å². The van der Waals surface area contributed by atoms with E-state index in [-0.39, 0.29) is 11.9 Å². The van der Waals surface area contributed by atoms with Crippen LogP contribution in [0, 0.1) is 5.82 Å². The maximum Gasteiger partial charge on any atom is 0.123 e. The fraction of sp³-hybridized carbons (Fsp3) is 0.300. The van der Waals surface area contributed by atoms with Crippen LogP contribution in [0.4, 0.5) is 4.39 Å². The van der Waals surface area contributed by atoms with Gasteiger partial charge in [-0.2, -0.15) is 0 Å². The Balaban J connectivity index is 3.00. The van der Waals surface area contributed by atoms with Gasteiger partial charge in [-0.05, 0) is 31.8 Å². The maximum atomic E-state index is 12.7. The van der Waals surface area contributed by atoms with E-state index in [0.29, 0.717) is 4.99 Å². The highest BCUT2D eigenvalue weighted by molar-refractivity contribution is 7.80. The number of thiocarbonyl (C=S) groups is 1. The summed E-state index contributed by atoms with van der Waals surface area (Å²) in [5, 5.41) is 0. The van der Waals surface area contributed by atoms with Crippen LogP contribution in [0.5, 0.6) is 0 Å². The SMILES string of the molecule is CN(C)C(C(N)=S)c1ccc(F)cc1. The van der Waals surface area contributed by atoms with E-state index < -0.39 is 0 Å². The number of benzene rings is 1. The molecule has 1 atom stereocenters. The molecule has 4 heteroatoms. The van der Waals surface area contributed by atoms with Crippen LogP contribution in [0.2, 0.25) is 0 Å². The Bertz CT molecular complexity index is 321. The lowest BCUT2D eigenvalue weighted by Crippen LogP contribution is -2.31. The van der Waals surface area contributed by atoms with Crippen LogP contribution in [-0.2, 0) is 0 Å². The van der Waals surface area contributed by atoms with Gasteiger partial charge in [0.1, 0.15) is 5.82 Å². The van der Waals surface area contributed by atoms with Gasteiger partial charge in [-0.3, -0.25) is 4.90 Å². The van der Waals surface area contributed by atoms with Gasteiger partial charge in [-0.25, -0.2) is 4.39 Å². The molecule has 0 aromatic heterocycles. The quantitative estimate of drug-likeness (QED) is 0.773. The smallest absolute Gasteiger partial charge is 0.123 e. The average Bonchev–Trinajstić information content (AvgIpc) is 2.07. The lowest BCUT2D eigenvalue weighted by Gasteiger charge is -2.23.